The highest BCUT2D eigenvalue weighted by atomic mass is 16.6. The van der Waals surface area contributed by atoms with Gasteiger partial charge in [-0.15, -0.1) is 0 Å². The van der Waals surface area contributed by atoms with Crippen LogP contribution in [0.3, 0.4) is 0 Å². The van der Waals surface area contributed by atoms with Crippen molar-refractivity contribution in [2.24, 2.45) is 0 Å². The van der Waals surface area contributed by atoms with Crippen LogP contribution in [0, 0.1) is 10.1 Å². The van der Waals surface area contributed by atoms with Gasteiger partial charge in [-0.25, -0.2) is 0 Å². The number of benzene rings is 1. The number of nitrogens with zero attached hydrogens (tertiary/aromatic N) is 1. The molecule has 7 nitrogen and oxygen atoms in total. The maximum absolute atomic E-state index is 11.7. The summed E-state index contributed by atoms with van der Waals surface area (Å²) in [6.45, 7) is 1.68. The first-order valence-electron chi connectivity index (χ1n) is 5.30. The molecule has 0 spiro atoms. The van der Waals surface area contributed by atoms with Gasteiger partial charge in [-0.2, -0.15) is 0 Å². The summed E-state index contributed by atoms with van der Waals surface area (Å²) in [7, 11) is 3.08. The lowest BCUT2D eigenvalue weighted by molar-refractivity contribution is -0.384. The Morgan fingerprint density at radius 2 is 2.17 bits per heavy atom. The molecule has 0 radical (unpaired) electrons. The smallest absolute Gasteiger partial charge is 0.271 e. The van der Waals surface area contributed by atoms with Crippen molar-refractivity contribution >= 4 is 17.3 Å². The molecular weight excluding hydrogens is 238 g/mol. The molecule has 0 fully saturated rings. The number of amides is 1. The maximum atomic E-state index is 11.7. The Labute approximate surface area is 104 Å². The molecule has 0 saturated carbocycles. The van der Waals surface area contributed by atoms with Crippen molar-refractivity contribution in [3.63, 3.8) is 0 Å². The third-order valence-corrected chi connectivity index (χ3v) is 2.48. The van der Waals surface area contributed by atoms with Crippen molar-refractivity contribution in [1.82, 2.24) is 5.32 Å². The number of methoxy groups -OCH3 is 1. The second-order valence-corrected chi connectivity index (χ2v) is 3.64. The van der Waals surface area contributed by atoms with Gasteiger partial charge in [0, 0.05) is 12.1 Å². The lowest BCUT2D eigenvalue weighted by atomic mass is 10.2. The fourth-order valence-electron chi connectivity index (χ4n) is 1.28. The number of nitrogens with one attached hydrogen (secondary N) is 2. The van der Waals surface area contributed by atoms with Crippen molar-refractivity contribution in [2.75, 3.05) is 19.5 Å². The van der Waals surface area contributed by atoms with E-state index < -0.39 is 11.0 Å². The normalized spacial score (nSPS) is 11.7. The lowest BCUT2D eigenvalue weighted by Crippen LogP contribution is -2.35. The number of likely N-dealkylation sites (N-methyl/N-ethyl adjacent to an activating group) is 1. The summed E-state index contributed by atoms with van der Waals surface area (Å²) in [4.78, 5) is 21.8. The summed E-state index contributed by atoms with van der Waals surface area (Å²) in [5.41, 5.74) is 0.169. The number of carbonyl (C=O) groups excluding carboxylic acids is 1. The number of nitro groups is 1. The van der Waals surface area contributed by atoms with Gasteiger partial charge in [0.1, 0.15) is 5.75 Å². The summed E-state index contributed by atoms with van der Waals surface area (Å²) in [6, 6.07) is 3.61. The number of carbonyl (C=O) groups is 1. The molecular formula is C11H15N3O4. The molecule has 7 heteroatoms. The highest BCUT2D eigenvalue weighted by molar-refractivity contribution is 5.96. The zero-order chi connectivity index (χ0) is 13.7. The lowest BCUT2D eigenvalue weighted by Gasteiger charge is -2.13. The Bertz CT molecular complexity index is 462. The fraction of sp³-hybridized carbons (Fsp3) is 0.364. The fourth-order valence-corrected chi connectivity index (χ4v) is 1.28. The minimum absolute atomic E-state index is 0.108. The first kappa shape index (κ1) is 13.9. The summed E-state index contributed by atoms with van der Waals surface area (Å²) in [5, 5.41) is 16.0. The molecule has 1 aromatic carbocycles. The van der Waals surface area contributed by atoms with E-state index in [0.717, 1.165) is 0 Å². The van der Waals surface area contributed by atoms with Crippen molar-refractivity contribution in [1.29, 1.82) is 0 Å². The molecule has 18 heavy (non-hydrogen) atoms. The van der Waals surface area contributed by atoms with Crippen molar-refractivity contribution in [3.8, 4) is 5.75 Å². The predicted molar refractivity (Wildman–Crippen MR) is 66.8 cm³/mol. The van der Waals surface area contributed by atoms with Crippen LogP contribution in [0.5, 0.6) is 5.75 Å². The Hall–Kier alpha value is -2.15. The first-order valence-corrected chi connectivity index (χ1v) is 5.30. The molecule has 0 aliphatic rings. The molecule has 98 valence electrons. The molecule has 1 amide bonds. The van der Waals surface area contributed by atoms with E-state index in [4.69, 9.17) is 4.74 Å². The number of ether oxygens (including phenoxy) is 1. The van der Waals surface area contributed by atoms with Crippen LogP contribution in [0.1, 0.15) is 6.92 Å². The summed E-state index contributed by atoms with van der Waals surface area (Å²) >= 11 is 0. The number of hydrogen-bond acceptors (Lipinski definition) is 5. The molecule has 0 saturated heterocycles. The van der Waals surface area contributed by atoms with Gasteiger partial charge in [-0.05, 0) is 20.0 Å². The molecule has 1 unspecified atom stereocenters. The molecule has 1 rings (SSSR count). The largest absolute Gasteiger partial charge is 0.495 e. The molecule has 0 heterocycles. The van der Waals surface area contributed by atoms with Crippen LogP contribution in [-0.4, -0.2) is 31.0 Å². The summed E-state index contributed by atoms with van der Waals surface area (Å²) in [6.07, 6.45) is 0. The van der Waals surface area contributed by atoms with Crippen LogP contribution >= 0.6 is 0 Å². The van der Waals surface area contributed by atoms with Gasteiger partial charge in [0.05, 0.1) is 23.8 Å². The summed E-state index contributed by atoms with van der Waals surface area (Å²) in [5.74, 6) is 0.0774. The Morgan fingerprint density at radius 1 is 1.50 bits per heavy atom. The van der Waals surface area contributed by atoms with E-state index >= 15 is 0 Å². The average molecular weight is 253 g/mol. The van der Waals surface area contributed by atoms with Crippen LogP contribution in [0.2, 0.25) is 0 Å². The Morgan fingerprint density at radius 3 is 2.67 bits per heavy atom. The summed E-state index contributed by atoms with van der Waals surface area (Å²) < 4.78 is 5.04. The van der Waals surface area contributed by atoms with Crippen LogP contribution in [0.15, 0.2) is 18.2 Å². The topological polar surface area (TPSA) is 93.5 Å². The van der Waals surface area contributed by atoms with Gasteiger partial charge < -0.3 is 15.4 Å². The average Bonchev–Trinajstić information content (AvgIpc) is 2.37. The zero-order valence-electron chi connectivity index (χ0n) is 10.4. The van der Waals surface area contributed by atoms with Crippen LogP contribution in [-0.2, 0) is 4.79 Å². The number of nitro benzene ring substituents is 1. The van der Waals surface area contributed by atoms with Gasteiger partial charge in [-0.1, -0.05) is 0 Å². The van der Waals surface area contributed by atoms with Crippen molar-refractivity contribution in [2.45, 2.75) is 13.0 Å². The highest BCUT2D eigenvalue weighted by Crippen LogP contribution is 2.28. The second-order valence-electron chi connectivity index (χ2n) is 3.64. The molecule has 0 aliphatic carbocycles. The molecule has 0 aromatic heterocycles. The Kier molecular flexibility index (Phi) is 4.61. The van der Waals surface area contributed by atoms with Crippen molar-refractivity contribution < 1.29 is 14.5 Å². The predicted octanol–water partition coefficient (Wildman–Crippen LogP) is 1.15. The second kappa shape index (κ2) is 5.97. The number of hydrogen-bond donors (Lipinski definition) is 2. The maximum Gasteiger partial charge on any atom is 0.271 e. The Balaban J connectivity index is 3.01. The molecule has 2 N–H and O–H groups in total. The van der Waals surface area contributed by atoms with Gasteiger partial charge in [-0.3, -0.25) is 14.9 Å². The number of non-ortho nitro benzene ring substituents is 1. The number of rotatable bonds is 5. The SMILES string of the molecule is CNC(C)C(=O)Nc1cc([N+](=O)[O-])ccc1OC. The third-order valence-electron chi connectivity index (χ3n) is 2.48. The monoisotopic (exact) mass is 253 g/mol. The molecule has 0 bridgehead atoms. The van der Waals surface area contributed by atoms with E-state index in [1.807, 2.05) is 0 Å². The highest BCUT2D eigenvalue weighted by Gasteiger charge is 2.16. The van der Waals surface area contributed by atoms with Crippen LogP contribution in [0.4, 0.5) is 11.4 Å². The van der Waals surface area contributed by atoms with E-state index in [2.05, 4.69) is 10.6 Å². The van der Waals surface area contributed by atoms with E-state index in [-0.39, 0.29) is 17.3 Å². The van der Waals surface area contributed by atoms with E-state index in [9.17, 15) is 14.9 Å². The van der Waals surface area contributed by atoms with Crippen molar-refractivity contribution in [3.05, 3.63) is 28.3 Å². The quantitative estimate of drug-likeness (QED) is 0.606. The van der Waals surface area contributed by atoms with Crippen LogP contribution in [0.25, 0.3) is 0 Å². The number of anilines is 1. The van der Waals surface area contributed by atoms with E-state index in [1.165, 1.54) is 25.3 Å². The van der Waals surface area contributed by atoms with Gasteiger partial charge in [0.2, 0.25) is 5.91 Å². The van der Waals surface area contributed by atoms with Gasteiger partial charge in [0.15, 0.2) is 0 Å². The molecule has 1 aromatic rings. The van der Waals surface area contributed by atoms with Gasteiger partial charge >= 0.3 is 0 Å². The third kappa shape index (κ3) is 3.17. The standard InChI is InChI=1S/C11H15N3O4/c1-7(12-2)11(15)13-9-6-8(14(16)17)4-5-10(9)18-3/h4-7,12H,1-3H3,(H,13,15). The molecule has 0 aliphatic heterocycles. The van der Waals surface area contributed by atoms with Gasteiger partial charge in [0.25, 0.3) is 5.69 Å². The molecule has 1 atom stereocenters. The van der Waals surface area contributed by atoms with Crippen LogP contribution < -0.4 is 15.4 Å². The van der Waals surface area contributed by atoms with E-state index in [0.29, 0.717) is 5.75 Å². The minimum atomic E-state index is -0.531. The first-order chi connectivity index (χ1) is 8.49. The zero-order valence-corrected chi connectivity index (χ0v) is 10.4. The van der Waals surface area contributed by atoms with E-state index in [1.54, 1.807) is 14.0 Å². The minimum Gasteiger partial charge on any atom is -0.495 e.